The van der Waals surface area contributed by atoms with E-state index in [1.54, 1.807) is 6.20 Å². The molecule has 2 aromatic heterocycles. The molecule has 7 nitrogen and oxygen atoms in total. The van der Waals surface area contributed by atoms with Gasteiger partial charge in [0.05, 0.1) is 11.6 Å². The van der Waals surface area contributed by atoms with Gasteiger partial charge in [-0.15, -0.1) is 10.2 Å². The van der Waals surface area contributed by atoms with Gasteiger partial charge in [-0.2, -0.15) is 0 Å². The topological polar surface area (TPSA) is 73.4 Å². The van der Waals surface area contributed by atoms with E-state index in [0.29, 0.717) is 11.8 Å². The molecule has 1 unspecified atom stereocenters. The zero-order valence-electron chi connectivity index (χ0n) is 16.1. The standard InChI is InChI=1S/C20H24N4O3/c1-20(2,3)27-19(25)24-11-9-13-12-14(7-8-15(13)24)17-21-22-18(26-17)16-6-5-10-23(16)4/h7-9,11-12,16H,5-6,10H2,1-4H3. The van der Waals surface area contributed by atoms with Crippen LogP contribution in [0.3, 0.4) is 0 Å². The van der Waals surface area contributed by atoms with Gasteiger partial charge >= 0.3 is 6.09 Å². The minimum atomic E-state index is -0.541. The van der Waals surface area contributed by atoms with E-state index in [1.807, 2.05) is 45.0 Å². The predicted molar refractivity (Wildman–Crippen MR) is 101 cm³/mol. The molecule has 1 aliphatic heterocycles. The number of aromatic nitrogens is 3. The first kappa shape index (κ1) is 17.7. The van der Waals surface area contributed by atoms with Gasteiger partial charge in [0.2, 0.25) is 11.8 Å². The number of carbonyl (C=O) groups excluding carboxylic acids is 1. The van der Waals surface area contributed by atoms with Gasteiger partial charge in [-0.3, -0.25) is 9.47 Å². The molecule has 0 amide bonds. The van der Waals surface area contributed by atoms with Crippen molar-refractivity contribution in [3.8, 4) is 11.5 Å². The number of hydrogen-bond acceptors (Lipinski definition) is 6. The van der Waals surface area contributed by atoms with Crippen LogP contribution in [0.1, 0.15) is 45.5 Å². The molecule has 0 saturated carbocycles. The average molecular weight is 368 g/mol. The van der Waals surface area contributed by atoms with Crippen LogP contribution in [0, 0.1) is 0 Å². The summed E-state index contributed by atoms with van der Waals surface area (Å²) >= 11 is 0. The fourth-order valence-corrected chi connectivity index (χ4v) is 3.45. The Morgan fingerprint density at radius 3 is 2.78 bits per heavy atom. The minimum Gasteiger partial charge on any atom is -0.443 e. The summed E-state index contributed by atoms with van der Waals surface area (Å²) in [6.45, 7) is 6.60. The Hall–Kier alpha value is -2.67. The number of nitrogens with zero attached hydrogens (tertiary/aromatic N) is 4. The maximum absolute atomic E-state index is 12.4. The molecule has 0 bridgehead atoms. The number of ether oxygens (including phenoxy) is 1. The van der Waals surface area contributed by atoms with E-state index in [1.165, 1.54) is 4.57 Å². The van der Waals surface area contributed by atoms with E-state index in [0.717, 1.165) is 35.9 Å². The van der Waals surface area contributed by atoms with Gasteiger partial charge in [0.15, 0.2) is 0 Å². The summed E-state index contributed by atoms with van der Waals surface area (Å²) in [5.74, 6) is 1.16. The zero-order valence-corrected chi connectivity index (χ0v) is 16.1. The minimum absolute atomic E-state index is 0.197. The van der Waals surface area contributed by atoms with Crippen molar-refractivity contribution in [1.29, 1.82) is 0 Å². The number of rotatable bonds is 2. The third-order valence-corrected chi connectivity index (χ3v) is 4.77. The van der Waals surface area contributed by atoms with Crippen LogP contribution in [0.25, 0.3) is 22.4 Å². The van der Waals surface area contributed by atoms with Crippen molar-refractivity contribution in [3.63, 3.8) is 0 Å². The van der Waals surface area contributed by atoms with E-state index in [-0.39, 0.29) is 6.04 Å². The molecule has 0 aliphatic carbocycles. The molecule has 3 heterocycles. The van der Waals surface area contributed by atoms with Crippen molar-refractivity contribution in [3.05, 3.63) is 36.4 Å². The molecular formula is C20H24N4O3. The second kappa shape index (κ2) is 6.49. The number of benzene rings is 1. The Morgan fingerprint density at radius 1 is 1.26 bits per heavy atom. The van der Waals surface area contributed by atoms with Gasteiger partial charge in [-0.1, -0.05) is 0 Å². The molecule has 1 aromatic carbocycles. The molecule has 1 atom stereocenters. The Kier molecular flexibility index (Phi) is 4.26. The van der Waals surface area contributed by atoms with Crippen LogP contribution in [0.4, 0.5) is 4.79 Å². The number of carbonyl (C=O) groups is 1. The molecular weight excluding hydrogens is 344 g/mol. The van der Waals surface area contributed by atoms with Crippen molar-refractivity contribution >= 4 is 17.0 Å². The second-order valence-corrected chi connectivity index (χ2v) is 8.02. The van der Waals surface area contributed by atoms with E-state index in [2.05, 4.69) is 22.1 Å². The van der Waals surface area contributed by atoms with Crippen molar-refractivity contribution in [2.24, 2.45) is 0 Å². The van der Waals surface area contributed by atoms with Crippen LogP contribution >= 0.6 is 0 Å². The van der Waals surface area contributed by atoms with E-state index in [4.69, 9.17) is 9.15 Å². The fourth-order valence-electron chi connectivity index (χ4n) is 3.45. The molecule has 0 spiro atoms. The maximum atomic E-state index is 12.4. The average Bonchev–Trinajstić information content (AvgIpc) is 3.31. The summed E-state index contributed by atoms with van der Waals surface area (Å²) in [6.07, 6.45) is 3.50. The van der Waals surface area contributed by atoms with Crippen molar-refractivity contribution in [1.82, 2.24) is 19.7 Å². The zero-order chi connectivity index (χ0) is 19.2. The molecule has 4 rings (SSSR count). The molecule has 3 aromatic rings. The van der Waals surface area contributed by atoms with Crippen LogP contribution in [0.2, 0.25) is 0 Å². The molecule has 1 saturated heterocycles. The lowest BCUT2D eigenvalue weighted by atomic mass is 10.1. The third kappa shape index (κ3) is 3.47. The molecule has 1 aliphatic rings. The Labute approximate surface area is 157 Å². The second-order valence-electron chi connectivity index (χ2n) is 8.02. The third-order valence-electron chi connectivity index (χ3n) is 4.77. The summed E-state index contributed by atoms with van der Waals surface area (Å²) in [5.41, 5.74) is 1.08. The van der Waals surface area contributed by atoms with Gasteiger partial charge in [0, 0.05) is 17.1 Å². The largest absolute Gasteiger partial charge is 0.443 e. The number of hydrogen-bond donors (Lipinski definition) is 0. The van der Waals surface area contributed by atoms with Crippen molar-refractivity contribution in [2.45, 2.75) is 45.3 Å². The fraction of sp³-hybridized carbons (Fsp3) is 0.450. The van der Waals surface area contributed by atoms with E-state index >= 15 is 0 Å². The van der Waals surface area contributed by atoms with Gasteiger partial charge < -0.3 is 9.15 Å². The van der Waals surface area contributed by atoms with Gasteiger partial charge in [0.25, 0.3) is 0 Å². The predicted octanol–water partition coefficient (Wildman–Crippen LogP) is 4.24. The lowest BCUT2D eigenvalue weighted by Crippen LogP contribution is -2.26. The lowest BCUT2D eigenvalue weighted by Gasteiger charge is -2.19. The summed E-state index contributed by atoms with van der Waals surface area (Å²) in [4.78, 5) is 14.6. The Balaban J connectivity index is 1.61. The van der Waals surface area contributed by atoms with E-state index in [9.17, 15) is 4.79 Å². The summed E-state index contributed by atoms with van der Waals surface area (Å²) in [7, 11) is 2.08. The highest BCUT2D eigenvalue weighted by atomic mass is 16.6. The summed E-state index contributed by atoms with van der Waals surface area (Å²) < 4.78 is 12.9. The van der Waals surface area contributed by atoms with Gasteiger partial charge in [-0.25, -0.2) is 4.79 Å². The van der Waals surface area contributed by atoms with Crippen LogP contribution in [0.5, 0.6) is 0 Å². The first-order chi connectivity index (χ1) is 12.8. The van der Waals surface area contributed by atoms with Gasteiger partial charge in [0.1, 0.15) is 5.60 Å². The van der Waals surface area contributed by atoms with Crippen molar-refractivity contribution < 1.29 is 13.9 Å². The monoisotopic (exact) mass is 368 g/mol. The highest BCUT2D eigenvalue weighted by molar-refractivity contribution is 5.91. The maximum Gasteiger partial charge on any atom is 0.418 e. The highest BCUT2D eigenvalue weighted by Crippen LogP contribution is 2.32. The van der Waals surface area contributed by atoms with Crippen molar-refractivity contribution in [2.75, 3.05) is 13.6 Å². The molecule has 0 N–H and O–H groups in total. The summed E-state index contributed by atoms with van der Waals surface area (Å²) in [6, 6.07) is 7.79. The SMILES string of the molecule is CN1CCCC1c1nnc(-c2ccc3c(ccn3C(=O)OC(C)(C)C)c2)o1. The van der Waals surface area contributed by atoms with E-state index < -0.39 is 11.7 Å². The molecule has 0 radical (unpaired) electrons. The number of fused-ring (bicyclic) bond motifs is 1. The molecule has 142 valence electrons. The van der Waals surface area contributed by atoms with Crippen LogP contribution in [0.15, 0.2) is 34.9 Å². The molecule has 27 heavy (non-hydrogen) atoms. The molecule has 7 heteroatoms. The quantitative estimate of drug-likeness (QED) is 0.673. The van der Waals surface area contributed by atoms with Crippen LogP contribution in [-0.2, 0) is 4.74 Å². The number of likely N-dealkylation sites (tertiary alicyclic amines) is 1. The highest BCUT2D eigenvalue weighted by Gasteiger charge is 2.28. The smallest absolute Gasteiger partial charge is 0.418 e. The summed E-state index contributed by atoms with van der Waals surface area (Å²) in [5, 5.41) is 9.38. The van der Waals surface area contributed by atoms with Crippen LogP contribution < -0.4 is 0 Å². The first-order valence-electron chi connectivity index (χ1n) is 9.20. The van der Waals surface area contributed by atoms with Crippen LogP contribution in [-0.4, -0.2) is 45.0 Å². The lowest BCUT2D eigenvalue weighted by molar-refractivity contribution is 0.0544. The molecule has 1 fully saturated rings. The Bertz CT molecular complexity index is 983. The van der Waals surface area contributed by atoms with Gasteiger partial charge in [-0.05, 0) is 71.5 Å². The first-order valence-corrected chi connectivity index (χ1v) is 9.20. The normalized spacial score (nSPS) is 18.3. The Morgan fingerprint density at radius 2 is 2.07 bits per heavy atom.